The maximum Gasteiger partial charge on any atom is 0.311 e. The van der Waals surface area contributed by atoms with E-state index in [-0.39, 0.29) is 12.5 Å². The van der Waals surface area contributed by atoms with E-state index in [2.05, 4.69) is 0 Å². The number of carbonyl (C=O) groups is 2. The summed E-state index contributed by atoms with van der Waals surface area (Å²) in [5.41, 5.74) is 6.32. The molecule has 112 valence electrons. The Labute approximate surface area is 124 Å². The number of carboxylic acids is 1. The molecule has 1 fully saturated rings. The lowest BCUT2D eigenvalue weighted by Gasteiger charge is -2.37. The van der Waals surface area contributed by atoms with E-state index in [0.29, 0.717) is 25.1 Å². The molecule has 3 N–H and O–H groups in total. The summed E-state index contributed by atoms with van der Waals surface area (Å²) in [7, 11) is 0. The molecule has 1 atom stereocenters. The Balaban J connectivity index is 2.03. The van der Waals surface area contributed by atoms with Crippen LogP contribution in [-0.2, 0) is 9.59 Å². The lowest BCUT2D eigenvalue weighted by atomic mass is 9.82. The first-order chi connectivity index (χ1) is 9.90. The van der Waals surface area contributed by atoms with Crippen LogP contribution in [0.3, 0.4) is 0 Å². The Kier molecular flexibility index (Phi) is 4.31. The third kappa shape index (κ3) is 3.62. The Morgan fingerprint density at radius 3 is 2.62 bits per heavy atom. The van der Waals surface area contributed by atoms with Crippen molar-refractivity contribution in [3.05, 3.63) is 35.9 Å². The molecule has 1 heterocycles. The number of carbonyl (C=O) groups excluding carboxylic acids is 1. The van der Waals surface area contributed by atoms with Crippen LogP contribution in [0.1, 0.15) is 25.3 Å². The van der Waals surface area contributed by atoms with Gasteiger partial charge in [-0.25, -0.2) is 0 Å². The fourth-order valence-corrected chi connectivity index (χ4v) is 2.48. The van der Waals surface area contributed by atoms with Crippen LogP contribution in [0, 0.1) is 5.41 Å². The number of hydrogen-bond acceptors (Lipinski definition) is 3. The zero-order chi connectivity index (χ0) is 15.5. The van der Waals surface area contributed by atoms with Gasteiger partial charge in [0.1, 0.15) is 0 Å². The summed E-state index contributed by atoms with van der Waals surface area (Å²) in [6, 6.07) is 7.20. The van der Waals surface area contributed by atoms with Gasteiger partial charge in [-0.15, -0.1) is 0 Å². The number of amides is 1. The van der Waals surface area contributed by atoms with E-state index in [9.17, 15) is 14.7 Å². The second-order valence-corrected chi connectivity index (χ2v) is 5.73. The molecule has 0 saturated carbocycles. The van der Waals surface area contributed by atoms with Crippen LogP contribution >= 0.6 is 0 Å². The number of piperidine rings is 1. The fraction of sp³-hybridized carbons (Fsp3) is 0.375. The highest BCUT2D eigenvalue weighted by Gasteiger charge is 2.38. The summed E-state index contributed by atoms with van der Waals surface area (Å²) in [5, 5.41) is 9.26. The molecule has 1 aliphatic rings. The summed E-state index contributed by atoms with van der Waals surface area (Å²) in [5.74, 6) is -0.999. The number of likely N-dealkylation sites (tertiary alicyclic amines) is 1. The lowest BCUT2D eigenvalue weighted by molar-refractivity contribution is -0.152. The van der Waals surface area contributed by atoms with Gasteiger partial charge in [0.15, 0.2) is 0 Å². The topological polar surface area (TPSA) is 83.6 Å². The highest BCUT2D eigenvalue weighted by atomic mass is 16.4. The van der Waals surface area contributed by atoms with E-state index >= 15 is 0 Å². The Morgan fingerprint density at radius 2 is 2.00 bits per heavy atom. The Morgan fingerprint density at radius 1 is 1.33 bits per heavy atom. The summed E-state index contributed by atoms with van der Waals surface area (Å²) >= 11 is 0. The van der Waals surface area contributed by atoms with Crippen molar-refractivity contribution in [3.8, 4) is 0 Å². The molecule has 0 aromatic heterocycles. The zero-order valence-electron chi connectivity index (χ0n) is 12.1. The van der Waals surface area contributed by atoms with Crippen molar-refractivity contribution >= 4 is 23.6 Å². The number of nitrogens with two attached hydrogens (primary N) is 1. The van der Waals surface area contributed by atoms with Crippen LogP contribution in [0.4, 0.5) is 5.69 Å². The molecule has 1 aromatic rings. The van der Waals surface area contributed by atoms with Crippen LogP contribution in [0.5, 0.6) is 0 Å². The summed E-state index contributed by atoms with van der Waals surface area (Å²) < 4.78 is 0. The maximum atomic E-state index is 12.2. The van der Waals surface area contributed by atoms with Gasteiger partial charge < -0.3 is 15.7 Å². The molecule has 0 aliphatic carbocycles. The predicted molar refractivity (Wildman–Crippen MR) is 81.4 cm³/mol. The molecular formula is C16H20N2O3. The molecule has 0 spiro atoms. The van der Waals surface area contributed by atoms with E-state index in [1.807, 2.05) is 12.1 Å². The quantitative estimate of drug-likeness (QED) is 0.658. The molecule has 5 heteroatoms. The molecule has 21 heavy (non-hydrogen) atoms. The third-order valence-corrected chi connectivity index (χ3v) is 3.88. The number of aliphatic carboxylic acids is 1. The van der Waals surface area contributed by atoms with Crippen molar-refractivity contribution in [2.24, 2.45) is 5.41 Å². The molecule has 0 radical (unpaired) electrons. The normalized spacial score (nSPS) is 22.4. The summed E-state index contributed by atoms with van der Waals surface area (Å²) in [6.07, 6.45) is 4.52. The number of benzene rings is 1. The van der Waals surface area contributed by atoms with Crippen LogP contribution in [0.25, 0.3) is 6.08 Å². The second-order valence-electron chi connectivity index (χ2n) is 5.73. The minimum absolute atomic E-state index is 0.154. The van der Waals surface area contributed by atoms with Crippen molar-refractivity contribution in [1.29, 1.82) is 0 Å². The van der Waals surface area contributed by atoms with Gasteiger partial charge in [0.25, 0.3) is 0 Å². The molecule has 1 amide bonds. The van der Waals surface area contributed by atoms with Crippen LogP contribution in [-0.4, -0.2) is 35.0 Å². The smallest absolute Gasteiger partial charge is 0.311 e. The monoisotopic (exact) mass is 288 g/mol. The molecule has 2 rings (SSSR count). The number of nitrogen functional groups attached to an aromatic ring is 1. The standard InChI is InChI=1S/C16H20N2O3/c1-16(15(20)21)9-2-10-18(11-16)14(19)8-5-12-3-6-13(17)7-4-12/h3-8H,2,9-11,17H2,1H3,(H,20,21)/b8-5+. The first kappa shape index (κ1) is 15.1. The van der Waals surface area contributed by atoms with Crippen LogP contribution < -0.4 is 5.73 Å². The van der Waals surface area contributed by atoms with Crippen LogP contribution in [0.2, 0.25) is 0 Å². The van der Waals surface area contributed by atoms with Crippen LogP contribution in [0.15, 0.2) is 30.3 Å². The fourth-order valence-electron chi connectivity index (χ4n) is 2.48. The largest absolute Gasteiger partial charge is 0.481 e. The van der Waals surface area contributed by atoms with Crippen molar-refractivity contribution in [2.75, 3.05) is 18.8 Å². The Hall–Kier alpha value is -2.30. The molecule has 0 bridgehead atoms. The summed E-state index contributed by atoms with van der Waals surface area (Å²) in [6.45, 7) is 2.56. The van der Waals surface area contributed by atoms with E-state index in [0.717, 1.165) is 5.56 Å². The first-order valence-electron chi connectivity index (χ1n) is 6.97. The number of anilines is 1. The van der Waals surface area contributed by atoms with Gasteiger partial charge >= 0.3 is 5.97 Å². The predicted octanol–water partition coefficient (Wildman–Crippen LogP) is 2.00. The van der Waals surface area contributed by atoms with Crippen molar-refractivity contribution < 1.29 is 14.7 Å². The number of hydrogen-bond donors (Lipinski definition) is 2. The number of carboxylic acid groups (broad SMARTS) is 1. The molecule has 5 nitrogen and oxygen atoms in total. The molecule has 1 saturated heterocycles. The average Bonchev–Trinajstić information content (AvgIpc) is 2.46. The van der Waals surface area contributed by atoms with E-state index < -0.39 is 11.4 Å². The summed E-state index contributed by atoms with van der Waals surface area (Å²) in [4.78, 5) is 25.1. The van der Waals surface area contributed by atoms with Gasteiger partial charge in [-0.05, 0) is 43.5 Å². The van der Waals surface area contributed by atoms with Gasteiger partial charge in [0.05, 0.1) is 5.41 Å². The number of rotatable bonds is 3. The van der Waals surface area contributed by atoms with Gasteiger partial charge in [-0.3, -0.25) is 9.59 Å². The average molecular weight is 288 g/mol. The molecule has 1 unspecified atom stereocenters. The van der Waals surface area contributed by atoms with Gasteiger partial charge in [0, 0.05) is 24.9 Å². The number of nitrogens with zero attached hydrogens (tertiary/aromatic N) is 1. The minimum atomic E-state index is -0.845. The minimum Gasteiger partial charge on any atom is -0.481 e. The third-order valence-electron chi connectivity index (χ3n) is 3.88. The van der Waals surface area contributed by atoms with E-state index in [1.54, 1.807) is 30.0 Å². The van der Waals surface area contributed by atoms with Crippen molar-refractivity contribution in [1.82, 2.24) is 4.90 Å². The molecule has 1 aliphatic heterocycles. The highest BCUT2D eigenvalue weighted by Crippen LogP contribution is 2.29. The van der Waals surface area contributed by atoms with E-state index in [4.69, 9.17) is 5.73 Å². The highest BCUT2D eigenvalue weighted by molar-refractivity contribution is 5.92. The molecular weight excluding hydrogens is 268 g/mol. The zero-order valence-corrected chi connectivity index (χ0v) is 12.1. The first-order valence-corrected chi connectivity index (χ1v) is 6.97. The maximum absolute atomic E-state index is 12.2. The Bertz CT molecular complexity index is 565. The molecule has 1 aromatic carbocycles. The van der Waals surface area contributed by atoms with Gasteiger partial charge in [-0.1, -0.05) is 12.1 Å². The lowest BCUT2D eigenvalue weighted by Crippen LogP contribution is -2.47. The van der Waals surface area contributed by atoms with Gasteiger partial charge in [-0.2, -0.15) is 0 Å². The van der Waals surface area contributed by atoms with Crippen molar-refractivity contribution in [3.63, 3.8) is 0 Å². The van der Waals surface area contributed by atoms with Gasteiger partial charge in [0.2, 0.25) is 5.91 Å². The van der Waals surface area contributed by atoms with Crippen molar-refractivity contribution in [2.45, 2.75) is 19.8 Å². The second kappa shape index (κ2) is 5.99. The SMILES string of the molecule is CC1(C(=O)O)CCCN(C(=O)/C=C/c2ccc(N)cc2)C1. The van der Waals surface area contributed by atoms with E-state index in [1.165, 1.54) is 6.08 Å².